The summed E-state index contributed by atoms with van der Waals surface area (Å²) in [6, 6.07) is 10.1. The van der Waals surface area contributed by atoms with Gasteiger partial charge in [0, 0.05) is 0 Å². The average Bonchev–Trinajstić information content (AvgIpc) is 2.85. The van der Waals surface area contributed by atoms with Crippen LogP contribution >= 0.6 is 0 Å². The Morgan fingerprint density at radius 1 is 0.688 bits per heavy atom. The molecule has 32 heavy (non-hydrogen) atoms. The number of benzene rings is 1. The number of rotatable bonds is 9. The molecule has 0 N–H and O–H groups in total. The van der Waals surface area contributed by atoms with Crippen molar-refractivity contribution in [3.05, 3.63) is 35.4 Å². The van der Waals surface area contributed by atoms with Crippen LogP contribution in [-0.2, 0) is 11.8 Å². The first-order valence-corrected chi connectivity index (χ1v) is 14.8. The smallest absolute Gasteiger partial charge is 0.00186 e. The second-order valence-electron chi connectivity index (χ2n) is 12.1. The molecule has 3 saturated carbocycles. The van der Waals surface area contributed by atoms with E-state index in [1.54, 1.807) is 11.1 Å². The van der Waals surface area contributed by atoms with Crippen molar-refractivity contribution >= 4 is 0 Å². The Balaban J connectivity index is 1.39. The van der Waals surface area contributed by atoms with Crippen LogP contribution in [-0.4, -0.2) is 0 Å². The fourth-order valence-electron chi connectivity index (χ4n) is 8.15. The third-order valence-corrected chi connectivity index (χ3v) is 10.1. The van der Waals surface area contributed by atoms with Crippen molar-refractivity contribution in [1.29, 1.82) is 0 Å². The minimum atomic E-state index is 0.504. The maximum Gasteiger partial charge on any atom is -0.00186 e. The minimum absolute atomic E-state index is 0.504. The number of hydrogen-bond donors (Lipinski definition) is 0. The lowest BCUT2D eigenvalue weighted by Gasteiger charge is -2.47. The van der Waals surface area contributed by atoms with Gasteiger partial charge in [-0.3, -0.25) is 0 Å². The predicted molar refractivity (Wildman–Crippen MR) is 140 cm³/mol. The molecule has 1 aromatic rings. The highest BCUT2D eigenvalue weighted by molar-refractivity contribution is 5.32. The maximum absolute atomic E-state index is 2.69. The molecular formula is C32H52. The van der Waals surface area contributed by atoms with Crippen LogP contribution in [0.15, 0.2) is 24.3 Å². The summed E-state index contributed by atoms with van der Waals surface area (Å²) in [5.41, 5.74) is 3.88. The summed E-state index contributed by atoms with van der Waals surface area (Å²) < 4.78 is 0. The largest absolute Gasteiger partial charge is 0.0654 e. The lowest BCUT2D eigenvalue weighted by molar-refractivity contribution is 0.125. The quantitative estimate of drug-likeness (QED) is 0.361. The molecule has 0 nitrogen and oxygen atoms in total. The minimum Gasteiger partial charge on any atom is -0.0654 e. The molecule has 0 atom stereocenters. The molecule has 0 unspecified atom stereocenters. The van der Waals surface area contributed by atoms with Crippen molar-refractivity contribution in [1.82, 2.24) is 0 Å². The van der Waals surface area contributed by atoms with Crippen molar-refractivity contribution in [2.75, 3.05) is 0 Å². The molecule has 0 aromatic heterocycles. The van der Waals surface area contributed by atoms with E-state index in [4.69, 9.17) is 0 Å². The van der Waals surface area contributed by atoms with Gasteiger partial charge in [0.1, 0.15) is 0 Å². The van der Waals surface area contributed by atoms with E-state index in [-0.39, 0.29) is 0 Å². The Morgan fingerprint density at radius 3 is 1.84 bits per heavy atom. The second kappa shape index (κ2) is 12.1. The van der Waals surface area contributed by atoms with E-state index >= 15 is 0 Å². The highest BCUT2D eigenvalue weighted by atomic mass is 14.5. The monoisotopic (exact) mass is 436 g/mol. The number of hydrogen-bond acceptors (Lipinski definition) is 0. The van der Waals surface area contributed by atoms with Crippen LogP contribution in [0.5, 0.6) is 0 Å². The third-order valence-electron chi connectivity index (χ3n) is 10.1. The van der Waals surface area contributed by atoms with Gasteiger partial charge in [0.2, 0.25) is 0 Å². The van der Waals surface area contributed by atoms with E-state index in [1.165, 1.54) is 122 Å². The summed E-state index contributed by atoms with van der Waals surface area (Å²) in [6.45, 7) is 4.73. The van der Waals surface area contributed by atoms with E-state index < -0.39 is 0 Å². The van der Waals surface area contributed by atoms with Crippen LogP contribution in [0.4, 0.5) is 0 Å². The number of aryl methyl sites for hydroxylation is 1. The van der Waals surface area contributed by atoms with Crippen LogP contribution < -0.4 is 0 Å². The van der Waals surface area contributed by atoms with Crippen LogP contribution in [0.25, 0.3) is 0 Å². The fraction of sp³-hybridized carbons (Fsp3) is 0.812. The molecule has 0 heteroatoms. The molecule has 0 bridgehead atoms. The molecule has 0 heterocycles. The predicted octanol–water partition coefficient (Wildman–Crippen LogP) is 10.0. The van der Waals surface area contributed by atoms with Gasteiger partial charge >= 0.3 is 0 Å². The molecule has 4 rings (SSSR count). The molecule has 0 spiro atoms. The average molecular weight is 437 g/mol. The standard InChI is InChI=1S/C32H52/c1-3-9-26-13-15-28(16-14-26)17-18-29-11-8-12-31(25-29)32(23-6-5-7-24-32)30-21-19-27(10-4-2)20-22-30/h8,11-12,25-28,30H,3-7,9-10,13-24H2,1-2H3. The summed E-state index contributed by atoms with van der Waals surface area (Å²) >= 11 is 0. The fourth-order valence-corrected chi connectivity index (χ4v) is 8.15. The van der Waals surface area contributed by atoms with E-state index in [2.05, 4.69) is 38.1 Å². The molecular weight excluding hydrogens is 384 g/mol. The molecule has 180 valence electrons. The molecule has 3 fully saturated rings. The van der Waals surface area contributed by atoms with Crippen molar-refractivity contribution in [3.8, 4) is 0 Å². The molecule has 0 amide bonds. The molecule has 0 aliphatic heterocycles. The lowest BCUT2D eigenvalue weighted by Crippen LogP contribution is -2.39. The summed E-state index contributed by atoms with van der Waals surface area (Å²) in [5.74, 6) is 4.00. The zero-order valence-electron chi connectivity index (χ0n) is 21.6. The Labute approximate surface area is 200 Å². The van der Waals surface area contributed by atoms with E-state index in [9.17, 15) is 0 Å². The second-order valence-corrected chi connectivity index (χ2v) is 12.1. The molecule has 1 aromatic carbocycles. The Morgan fingerprint density at radius 2 is 1.25 bits per heavy atom. The summed E-state index contributed by atoms with van der Waals surface area (Å²) in [7, 11) is 0. The van der Waals surface area contributed by atoms with E-state index in [0.717, 1.165) is 23.7 Å². The first kappa shape index (κ1) is 24.3. The van der Waals surface area contributed by atoms with Crippen LogP contribution in [0.2, 0.25) is 0 Å². The van der Waals surface area contributed by atoms with Gasteiger partial charge in [-0.15, -0.1) is 0 Å². The van der Waals surface area contributed by atoms with Crippen molar-refractivity contribution in [2.24, 2.45) is 23.7 Å². The summed E-state index contributed by atoms with van der Waals surface area (Å²) in [6.07, 6.45) is 27.7. The molecule has 3 aliphatic rings. The SMILES string of the molecule is CCCC1CCC(CCc2cccc(C3(C4CCC(CCC)CC4)CCCCC3)c2)CC1. The van der Waals surface area contributed by atoms with Gasteiger partial charge in [0.25, 0.3) is 0 Å². The maximum atomic E-state index is 2.69. The van der Waals surface area contributed by atoms with Crippen LogP contribution in [0.3, 0.4) is 0 Å². The van der Waals surface area contributed by atoms with Gasteiger partial charge < -0.3 is 0 Å². The topological polar surface area (TPSA) is 0 Å². The third kappa shape index (κ3) is 6.01. The highest BCUT2D eigenvalue weighted by Gasteiger charge is 2.42. The summed E-state index contributed by atoms with van der Waals surface area (Å²) in [5, 5.41) is 0. The molecule has 0 radical (unpaired) electrons. The molecule has 0 saturated heterocycles. The van der Waals surface area contributed by atoms with Gasteiger partial charge in [-0.25, -0.2) is 0 Å². The van der Waals surface area contributed by atoms with Gasteiger partial charge in [0.05, 0.1) is 0 Å². The lowest BCUT2D eigenvalue weighted by atomic mass is 9.57. The Bertz CT molecular complexity index is 650. The van der Waals surface area contributed by atoms with Gasteiger partial charge in [-0.2, -0.15) is 0 Å². The van der Waals surface area contributed by atoms with Gasteiger partial charge in [-0.1, -0.05) is 122 Å². The zero-order valence-corrected chi connectivity index (χ0v) is 21.6. The van der Waals surface area contributed by atoms with E-state index in [0.29, 0.717) is 5.41 Å². The van der Waals surface area contributed by atoms with Crippen LogP contribution in [0, 0.1) is 23.7 Å². The van der Waals surface area contributed by atoms with Gasteiger partial charge in [-0.05, 0) is 78.7 Å². The molecule has 3 aliphatic carbocycles. The summed E-state index contributed by atoms with van der Waals surface area (Å²) in [4.78, 5) is 0. The zero-order chi connectivity index (χ0) is 22.2. The normalized spacial score (nSPS) is 30.8. The van der Waals surface area contributed by atoms with E-state index in [1.807, 2.05) is 0 Å². The van der Waals surface area contributed by atoms with Gasteiger partial charge in [0.15, 0.2) is 0 Å². The van der Waals surface area contributed by atoms with Crippen molar-refractivity contribution < 1.29 is 0 Å². The Kier molecular flexibility index (Phi) is 9.19. The van der Waals surface area contributed by atoms with Crippen molar-refractivity contribution in [3.63, 3.8) is 0 Å². The first-order chi connectivity index (χ1) is 15.7. The highest BCUT2D eigenvalue weighted by Crippen LogP contribution is 2.51. The van der Waals surface area contributed by atoms with Crippen LogP contribution in [0.1, 0.15) is 141 Å². The van der Waals surface area contributed by atoms with Crippen molar-refractivity contribution in [2.45, 2.75) is 141 Å². The first-order valence-electron chi connectivity index (χ1n) is 14.8. The Hall–Kier alpha value is -0.780.